The number of benzene rings is 1. The van der Waals surface area contributed by atoms with E-state index in [4.69, 9.17) is 9.47 Å². The molecule has 1 fully saturated rings. The molecule has 0 aromatic heterocycles. The van der Waals surface area contributed by atoms with Gasteiger partial charge in [-0.05, 0) is 37.8 Å². The van der Waals surface area contributed by atoms with Gasteiger partial charge in [0.25, 0.3) is 0 Å². The van der Waals surface area contributed by atoms with Crippen LogP contribution in [0.1, 0.15) is 31.7 Å². The highest BCUT2D eigenvalue weighted by Gasteiger charge is 2.31. The van der Waals surface area contributed by atoms with Crippen LogP contribution >= 0.6 is 0 Å². The normalized spacial score (nSPS) is 20.0. The zero-order chi connectivity index (χ0) is 18.8. The Labute approximate surface area is 153 Å². The van der Waals surface area contributed by atoms with Crippen LogP contribution in [0.4, 0.5) is 9.59 Å². The van der Waals surface area contributed by atoms with Crippen molar-refractivity contribution in [1.29, 1.82) is 0 Å². The summed E-state index contributed by atoms with van der Waals surface area (Å²) in [5.74, 6) is 0. The van der Waals surface area contributed by atoms with Crippen molar-refractivity contribution < 1.29 is 28.9 Å². The lowest BCUT2D eigenvalue weighted by Crippen LogP contribution is -2.47. The van der Waals surface area contributed by atoms with Gasteiger partial charge in [0.05, 0.1) is 19.0 Å². The summed E-state index contributed by atoms with van der Waals surface area (Å²) in [5.41, 5.74) is 0.914. The molecule has 2 atom stereocenters. The molecule has 1 aliphatic heterocycles. The lowest BCUT2D eigenvalue weighted by atomic mass is 9.97. The zero-order valence-electron chi connectivity index (χ0n) is 14.9. The Kier molecular flexibility index (Phi) is 7.95. The molecule has 142 valence electrons. The summed E-state index contributed by atoms with van der Waals surface area (Å²) in [4.78, 5) is 25.1. The van der Waals surface area contributed by atoms with Crippen LogP contribution in [0.15, 0.2) is 42.7 Å². The van der Waals surface area contributed by atoms with Gasteiger partial charge in [-0.15, -0.1) is 0 Å². The van der Waals surface area contributed by atoms with Crippen LogP contribution in [-0.2, 0) is 20.8 Å². The van der Waals surface area contributed by atoms with E-state index >= 15 is 0 Å². The molecule has 1 aromatic carbocycles. The van der Waals surface area contributed by atoms with Gasteiger partial charge in [-0.2, -0.15) is 0 Å². The minimum absolute atomic E-state index is 0.202. The average molecular weight is 363 g/mol. The Bertz CT molecular complexity index is 603. The predicted molar refractivity (Wildman–Crippen MR) is 94.2 cm³/mol. The number of hydrogen-bond acceptors (Lipinski definition) is 6. The van der Waals surface area contributed by atoms with Crippen molar-refractivity contribution in [1.82, 2.24) is 4.90 Å². The Morgan fingerprint density at radius 1 is 1.27 bits per heavy atom. The molecule has 2 rings (SSSR count). The minimum Gasteiger partial charge on any atom is -0.445 e. The number of piperidine rings is 1. The Balaban J connectivity index is 1.86. The fourth-order valence-corrected chi connectivity index (χ4v) is 2.76. The maximum absolute atomic E-state index is 12.4. The molecule has 1 heterocycles. The lowest BCUT2D eigenvalue weighted by Gasteiger charge is -2.36. The van der Waals surface area contributed by atoms with Crippen molar-refractivity contribution in [2.24, 2.45) is 0 Å². The summed E-state index contributed by atoms with van der Waals surface area (Å²) < 4.78 is 14.8. The third-order valence-electron chi connectivity index (χ3n) is 4.06. The monoisotopic (exact) mass is 363 g/mol. The number of ether oxygens (including phenoxy) is 3. The molecule has 0 aliphatic carbocycles. The molecular formula is C19H25NO6. The van der Waals surface area contributed by atoms with Gasteiger partial charge in [0.2, 0.25) is 0 Å². The number of hydrogen-bond donors (Lipinski definition) is 1. The van der Waals surface area contributed by atoms with Gasteiger partial charge in [0.1, 0.15) is 6.61 Å². The van der Waals surface area contributed by atoms with Gasteiger partial charge in [-0.3, -0.25) is 0 Å². The maximum atomic E-state index is 12.4. The van der Waals surface area contributed by atoms with Gasteiger partial charge >= 0.3 is 12.2 Å². The number of carbonyl (C=O) groups is 2. The first-order valence-corrected chi connectivity index (χ1v) is 8.74. The maximum Gasteiger partial charge on any atom is 0.513 e. The van der Waals surface area contributed by atoms with E-state index in [1.165, 1.54) is 6.26 Å². The van der Waals surface area contributed by atoms with Crippen molar-refractivity contribution in [2.75, 3.05) is 13.2 Å². The molecule has 0 bridgehead atoms. The summed E-state index contributed by atoms with van der Waals surface area (Å²) >= 11 is 0. The molecule has 0 unspecified atom stereocenters. The minimum atomic E-state index is -0.772. The highest BCUT2D eigenvalue weighted by atomic mass is 16.7. The molecule has 26 heavy (non-hydrogen) atoms. The first kappa shape index (κ1) is 19.8. The van der Waals surface area contributed by atoms with Crippen LogP contribution in [0.25, 0.3) is 0 Å². The zero-order valence-corrected chi connectivity index (χ0v) is 14.9. The van der Waals surface area contributed by atoms with E-state index in [0.29, 0.717) is 25.8 Å². The van der Waals surface area contributed by atoms with Crippen LogP contribution in [0.3, 0.4) is 0 Å². The molecule has 1 N–H and O–H groups in total. The van der Waals surface area contributed by atoms with E-state index in [9.17, 15) is 14.7 Å². The van der Waals surface area contributed by atoms with E-state index in [1.807, 2.05) is 30.3 Å². The highest BCUT2D eigenvalue weighted by molar-refractivity contribution is 5.68. The van der Waals surface area contributed by atoms with Crippen LogP contribution in [-0.4, -0.2) is 47.6 Å². The topological polar surface area (TPSA) is 85.3 Å². The van der Waals surface area contributed by atoms with E-state index in [2.05, 4.69) is 4.74 Å². The second-order valence-corrected chi connectivity index (χ2v) is 5.97. The summed E-state index contributed by atoms with van der Waals surface area (Å²) in [6.45, 7) is 2.55. The Morgan fingerprint density at radius 3 is 2.77 bits per heavy atom. The van der Waals surface area contributed by atoms with Crippen LogP contribution in [0, 0.1) is 0 Å². The summed E-state index contributed by atoms with van der Waals surface area (Å²) in [6.07, 6.45) is 2.64. The number of amides is 1. The third kappa shape index (κ3) is 6.40. The van der Waals surface area contributed by atoms with E-state index in [1.54, 1.807) is 17.9 Å². The second kappa shape index (κ2) is 10.5. The van der Waals surface area contributed by atoms with E-state index < -0.39 is 18.4 Å². The molecular weight excluding hydrogens is 338 g/mol. The smallest absolute Gasteiger partial charge is 0.445 e. The fraction of sp³-hybridized carbons (Fsp3) is 0.474. The number of carbonyl (C=O) groups excluding carboxylic acids is 2. The fourth-order valence-electron chi connectivity index (χ4n) is 2.76. The summed E-state index contributed by atoms with van der Waals surface area (Å²) in [5, 5.41) is 9.89. The molecule has 0 saturated carbocycles. The molecule has 1 saturated heterocycles. The number of rotatable bonds is 6. The quantitative estimate of drug-likeness (QED) is 0.617. The number of aliphatic hydroxyl groups excluding tert-OH is 1. The second-order valence-electron chi connectivity index (χ2n) is 5.97. The predicted octanol–water partition coefficient (Wildman–Crippen LogP) is 3.23. The average Bonchev–Trinajstić information content (AvgIpc) is 2.64. The van der Waals surface area contributed by atoms with Gasteiger partial charge in [-0.1, -0.05) is 30.3 Å². The van der Waals surface area contributed by atoms with Crippen molar-refractivity contribution >= 4 is 12.2 Å². The summed E-state index contributed by atoms with van der Waals surface area (Å²) in [7, 11) is 0. The lowest BCUT2D eigenvalue weighted by molar-refractivity contribution is 0.0271. The molecule has 7 nitrogen and oxygen atoms in total. The van der Waals surface area contributed by atoms with E-state index in [0.717, 1.165) is 5.56 Å². The highest BCUT2D eigenvalue weighted by Crippen LogP contribution is 2.22. The molecule has 0 radical (unpaired) electrons. The largest absolute Gasteiger partial charge is 0.513 e. The first-order chi connectivity index (χ1) is 12.6. The number of likely N-dealkylation sites (tertiary alicyclic amines) is 1. The van der Waals surface area contributed by atoms with Gasteiger partial charge < -0.3 is 24.2 Å². The third-order valence-corrected chi connectivity index (χ3v) is 4.06. The number of aliphatic hydroxyl groups is 1. The van der Waals surface area contributed by atoms with Crippen molar-refractivity contribution in [3.63, 3.8) is 0 Å². The molecule has 1 aliphatic rings. The molecule has 1 amide bonds. The van der Waals surface area contributed by atoms with Gasteiger partial charge in [0, 0.05) is 12.6 Å². The first-order valence-electron chi connectivity index (χ1n) is 8.74. The van der Waals surface area contributed by atoms with E-state index in [-0.39, 0.29) is 19.3 Å². The van der Waals surface area contributed by atoms with Crippen LogP contribution in [0.5, 0.6) is 0 Å². The molecule has 0 spiro atoms. The number of nitrogens with zero attached hydrogens (tertiary/aromatic N) is 1. The van der Waals surface area contributed by atoms with Crippen molar-refractivity contribution in [2.45, 2.75) is 44.9 Å². The molecule has 7 heteroatoms. The standard InChI is InChI=1S/C19H25NO6/c1-2-24-19(23)25-12-6-9-16-13-17(21)10-11-20(16)18(22)26-14-15-7-4-3-5-8-15/h3-8,12,16-17,21H,2,9-11,13-14H2,1H3/b12-6+/t16-,17-/m0/s1. The Hall–Kier alpha value is -2.54. The SMILES string of the molecule is CCOC(=O)O/C=C/C[C@H]1C[C@@H](O)CCN1C(=O)OCc1ccccc1. The molecule has 1 aromatic rings. The van der Waals surface area contributed by atoms with Crippen LogP contribution in [0.2, 0.25) is 0 Å². The van der Waals surface area contributed by atoms with Crippen molar-refractivity contribution in [3.05, 3.63) is 48.2 Å². The van der Waals surface area contributed by atoms with Gasteiger partial charge in [0.15, 0.2) is 0 Å². The Morgan fingerprint density at radius 2 is 2.04 bits per heavy atom. The van der Waals surface area contributed by atoms with Crippen molar-refractivity contribution in [3.8, 4) is 0 Å². The van der Waals surface area contributed by atoms with Crippen LogP contribution < -0.4 is 0 Å². The summed E-state index contributed by atoms with van der Waals surface area (Å²) in [6, 6.07) is 9.23. The van der Waals surface area contributed by atoms with Gasteiger partial charge in [-0.25, -0.2) is 9.59 Å².